The van der Waals surface area contributed by atoms with Gasteiger partial charge in [0.25, 0.3) is 0 Å². The Hall–Kier alpha value is -2.49. The van der Waals surface area contributed by atoms with E-state index in [1.807, 2.05) is 30.3 Å². The maximum atomic E-state index is 12.8. The van der Waals surface area contributed by atoms with Gasteiger partial charge in [-0.15, -0.1) is 0 Å². The SMILES string of the molecule is C/C(=N/NC(=O)Cc1ccccc1)c1ccc(F)cc1. The van der Waals surface area contributed by atoms with Crippen molar-refractivity contribution in [1.29, 1.82) is 0 Å². The van der Waals surface area contributed by atoms with Crippen LogP contribution in [0.5, 0.6) is 0 Å². The number of hydrazone groups is 1. The summed E-state index contributed by atoms with van der Waals surface area (Å²) in [6, 6.07) is 15.4. The largest absolute Gasteiger partial charge is 0.273 e. The second kappa shape index (κ2) is 6.61. The molecule has 0 unspecified atom stereocenters. The molecule has 0 saturated heterocycles. The summed E-state index contributed by atoms with van der Waals surface area (Å²) in [5.41, 5.74) is 4.83. The molecule has 102 valence electrons. The molecule has 0 atom stereocenters. The molecule has 0 aliphatic rings. The van der Waals surface area contributed by atoms with Crippen molar-refractivity contribution in [3.05, 3.63) is 71.5 Å². The van der Waals surface area contributed by atoms with Crippen molar-refractivity contribution < 1.29 is 9.18 Å². The summed E-state index contributed by atoms with van der Waals surface area (Å²) in [7, 11) is 0. The van der Waals surface area contributed by atoms with Crippen LogP contribution in [0.25, 0.3) is 0 Å². The first kappa shape index (κ1) is 13.9. The predicted molar refractivity (Wildman–Crippen MR) is 76.9 cm³/mol. The highest BCUT2D eigenvalue weighted by molar-refractivity contribution is 5.99. The molecule has 4 heteroatoms. The fraction of sp³-hybridized carbons (Fsp3) is 0.125. The van der Waals surface area contributed by atoms with E-state index in [1.165, 1.54) is 12.1 Å². The van der Waals surface area contributed by atoms with E-state index in [0.717, 1.165) is 11.1 Å². The van der Waals surface area contributed by atoms with Gasteiger partial charge in [0.05, 0.1) is 12.1 Å². The molecule has 0 aromatic heterocycles. The van der Waals surface area contributed by atoms with Gasteiger partial charge >= 0.3 is 0 Å². The molecule has 0 heterocycles. The van der Waals surface area contributed by atoms with E-state index in [1.54, 1.807) is 19.1 Å². The smallest absolute Gasteiger partial charge is 0.244 e. The maximum Gasteiger partial charge on any atom is 0.244 e. The molecule has 0 fully saturated rings. The van der Waals surface area contributed by atoms with Gasteiger partial charge in [-0.25, -0.2) is 9.82 Å². The topological polar surface area (TPSA) is 41.5 Å². The average Bonchev–Trinajstić information content (AvgIpc) is 2.46. The van der Waals surface area contributed by atoms with Crippen molar-refractivity contribution in [2.75, 3.05) is 0 Å². The van der Waals surface area contributed by atoms with Crippen molar-refractivity contribution in [3.8, 4) is 0 Å². The van der Waals surface area contributed by atoms with E-state index in [2.05, 4.69) is 10.5 Å². The Morgan fingerprint density at radius 1 is 1.10 bits per heavy atom. The number of benzene rings is 2. The highest BCUT2D eigenvalue weighted by Crippen LogP contribution is 2.04. The summed E-state index contributed by atoms with van der Waals surface area (Å²) in [6.07, 6.45) is 0.279. The van der Waals surface area contributed by atoms with Crippen LogP contribution in [0, 0.1) is 5.82 Å². The molecule has 20 heavy (non-hydrogen) atoms. The Balaban J connectivity index is 1.95. The molecule has 3 nitrogen and oxygen atoms in total. The second-order valence-corrected chi connectivity index (χ2v) is 4.40. The quantitative estimate of drug-likeness (QED) is 0.673. The fourth-order valence-electron chi connectivity index (χ4n) is 1.72. The first-order chi connectivity index (χ1) is 9.65. The molecule has 0 spiro atoms. The molecule has 0 saturated carbocycles. The first-order valence-electron chi connectivity index (χ1n) is 6.28. The molecular formula is C16H15FN2O. The van der Waals surface area contributed by atoms with Crippen LogP contribution in [0.4, 0.5) is 4.39 Å². The Kier molecular flexibility index (Phi) is 4.60. The van der Waals surface area contributed by atoms with Gasteiger partial charge in [-0.3, -0.25) is 4.79 Å². The second-order valence-electron chi connectivity index (χ2n) is 4.40. The van der Waals surface area contributed by atoms with Gasteiger partial charge in [-0.1, -0.05) is 42.5 Å². The molecule has 0 bridgehead atoms. The Morgan fingerprint density at radius 2 is 1.75 bits per heavy atom. The van der Waals surface area contributed by atoms with E-state index in [9.17, 15) is 9.18 Å². The fourth-order valence-corrected chi connectivity index (χ4v) is 1.72. The summed E-state index contributed by atoms with van der Waals surface area (Å²) in [5, 5.41) is 4.01. The third-order valence-corrected chi connectivity index (χ3v) is 2.82. The molecule has 2 aromatic carbocycles. The normalized spacial score (nSPS) is 11.2. The number of nitrogens with zero attached hydrogens (tertiary/aromatic N) is 1. The number of hydrogen-bond donors (Lipinski definition) is 1. The zero-order chi connectivity index (χ0) is 14.4. The van der Waals surface area contributed by atoms with Crippen LogP contribution in [0.15, 0.2) is 59.7 Å². The monoisotopic (exact) mass is 270 g/mol. The molecule has 0 aliphatic carbocycles. The minimum absolute atomic E-state index is 0.183. The van der Waals surface area contributed by atoms with Gasteiger partial charge in [-0.2, -0.15) is 5.10 Å². The highest BCUT2D eigenvalue weighted by atomic mass is 19.1. The highest BCUT2D eigenvalue weighted by Gasteiger charge is 2.03. The average molecular weight is 270 g/mol. The van der Waals surface area contributed by atoms with Gasteiger partial charge in [0.15, 0.2) is 0 Å². The lowest BCUT2D eigenvalue weighted by molar-refractivity contribution is -0.120. The van der Waals surface area contributed by atoms with E-state index < -0.39 is 0 Å². The standard InChI is InChI=1S/C16H15FN2O/c1-12(14-7-9-15(17)10-8-14)18-19-16(20)11-13-5-3-2-4-6-13/h2-10H,11H2,1H3,(H,19,20)/b18-12-. The van der Waals surface area contributed by atoms with Crippen molar-refractivity contribution in [3.63, 3.8) is 0 Å². The lowest BCUT2D eigenvalue weighted by Gasteiger charge is -2.03. The molecule has 0 radical (unpaired) electrons. The Bertz CT molecular complexity index is 606. The van der Waals surface area contributed by atoms with Crippen molar-refractivity contribution in [1.82, 2.24) is 5.43 Å². The van der Waals surface area contributed by atoms with E-state index in [4.69, 9.17) is 0 Å². The van der Waals surface area contributed by atoms with Gasteiger partial charge in [-0.05, 0) is 30.2 Å². The zero-order valence-electron chi connectivity index (χ0n) is 11.1. The number of carbonyl (C=O) groups is 1. The van der Waals surface area contributed by atoms with Gasteiger partial charge in [0, 0.05) is 0 Å². The number of halogens is 1. The molecule has 2 aromatic rings. The minimum atomic E-state index is -0.297. The molecule has 1 N–H and O–H groups in total. The third-order valence-electron chi connectivity index (χ3n) is 2.82. The first-order valence-corrected chi connectivity index (χ1v) is 6.28. The third kappa shape index (κ3) is 4.02. The van der Waals surface area contributed by atoms with Crippen molar-refractivity contribution in [2.45, 2.75) is 13.3 Å². The van der Waals surface area contributed by atoms with E-state index in [0.29, 0.717) is 5.71 Å². The predicted octanol–water partition coefficient (Wildman–Crippen LogP) is 2.91. The van der Waals surface area contributed by atoms with Gasteiger partial charge in [0.1, 0.15) is 5.82 Å². The summed E-state index contributed by atoms with van der Waals surface area (Å²) in [6.45, 7) is 1.76. The van der Waals surface area contributed by atoms with E-state index >= 15 is 0 Å². The number of hydrogen-bond acceptors (Lipinski definition) is 2. The van der Waals surface area contributed by atoms with Crippen LogP contribution in [0.3, 0.4) is 0 Å². The Morgan fingerprint density at radius 3 is 2.40 bits per heavy atom. The lowest BCUT2D eigenvalue weighted by atomic mass is 10.1. The summed E-state index contributed by atoms with van der Waals surface area (Å²) in [5.74, 6) is -0.479. The number of carbonyl (C=O) groups excluding carboxylic acids is 1. The molecule has 2 rings (SSSR count). The number of rotatable bonds is 4. The summed E-state index contributed by atoms with van der Waals surface area (Å²) < 4.78 is 12.8. The minimum Gasteiger partial charge on any atom is -0.273 e. The number of nitrogens with one attached hydrogen (secondary N) is 1. The molecular weight excluding hydrogens is 255 g/mol. The molecule has 0 aliphatic heterocycles. The van der Waals surface area contributed by atoms with Crippen LogP contribution in [0.2, 0.25) is 0 Å². The lowest BCUT2D eigenvalue weighted by Crippen LogP contribution is -2.21. The van der Waals surface area contributed by atoms with Crippen LogP contribution >= 0.6 is 0 Å². The van der Waals surface area contributed by atoms with Crippen molar-refractivity contribution in [2.24, 2.45) is 5.10 Å². The summed E-state index contributed by atoms with van der Waals surface area (Å²) >= 11 is 0. The van der Waals surface area contributed by atoms with E-state index in [-0.39, 0.29) is 18.1 Å². The van der Waals surface area contributed by atoms with Gasteiger partial charge < -0.3 is 0 Å². The van der Waals surface area contributed by atoms with Crippen LogP contribution < -0.4 is 5.43 Å². The van der Waals surface area contributed by atoms with Gasteiger partial charge in [0.2, 0.25) is 5.91 Å². The van der Waals surface area contributed by atoms with Crippen LogP contribution in [-0.2, 0) is 11.2 Å². The van der Waals surface area contributed by atoms with Crippen molar-refractivity contribution >= 4 is 11.6 Å². The van der Waals surface area contributed by atoms with Crippen LogP contribution in [-0.4, -0.2) is 11.6 Å². The zero-order valence-corrected chi connectivity index (χ0v) is 11.1. The number of amides is 1. The molecule has 1 amide bonds. The van der Waals surface area contributed by atoms with Crippen LogP contribution in [0.1, 0.15) is 18.1 Å². The summed E-state index contributed by atoms with van der Waals surface area (Å²) in [4.78, 5) is 11.7. The maximum absolute atomic E-state index is 12.8. The Labute approximate surface area is 117 Å².